The summed E-state index contributed by atoms with van der Waals surface area (Å²) in [5.41, 5.74) is 1.77. The molecule has 1 aliphatic rings. The number of guanidine groups is 1. The minimum atomic E-state index is -0.905. The highest BCUT2D eigenvalue weighted by Crippen LogP contribution is 2.22. The van der Waals surface area contributed by atoms with Gasteiger partial charge < -0.3 is 15.7 Å². The van der Waals surface area contributed by atoms with Gasteiger partial charge in [0.15, 0.2) is 6.29 Å². The molecule has 0 spiro atoms. The van der Waals surface area contributed by atoms with Crippen LogP contribution in [-0.4, -0.2) is 29.2 Å². The molecule has 0 fully saturated rings. The Bertz CT molecular complexity index is 837. The van der Waals surface area contributed by atoms with E-state index < -0.39 is 5.60 Å². The Labute approximate surface area is 160 Å². The molecule has 0 amide bonds. The summed E-state index contributed by atoms with van der Waals surface area (Å²) in [6.45, 7) is 7.67. The second kappa shape index (κ2) is 7.90. The van der Waals surface area contributed by atoms with Crippen LogP contribution in [0.5, 0.6) is 0 Å². The molecule has 0 saturated heterocycles. The molecule has 0 saturated carbocycles. The Balaban J connectivity index is 1.85. The first kappa shape index (κ1) is 19.1. The number of hydrogen-bond donors (Lipinski definition) is 4. The third-order valence-electron chi connectivity index (χ3n) is 4.10. The maximum Gasteiger partial charge on any atom is 0.204 e. The standard InChI is InChI=1S/C21H27N5O/c1-14(2)22-19-24-18(15-9-6-5-7-10-15)25-20(26-19)23-17-12-8-11-16(13-17)21(3,4)27/h5-14,19,22,27H,1-4H3,(H2,23,24,25,26). The Morgan fingerprint density at radius 1 is 1.04 bits per heavy atom. The monoisotopic (exact) mass is 365 g/mol. The lowest BCUT2D eigenvalue weighted by Gasteiger charge is -2.24. The van der Waals surface area contributed by atoms with Gasteiger partial charge in [0.1, 0.15) is 5.84 Å². The van der Waals surface area contributed by atoms with Crippen molar-refractivity contribution >= 4 is 17.5 Å². The molecule has 1 atom stereocenters. The SMILES string of the molecule is CC(C)NC1N=C(Nc2cccc(C(C)(C)O)c2)NC(c2ccccc2)=N1. The van der Waals surface area contributed by atoms with Crippen molar-refractivity contribution < 1.29 is 5.11 Å². The van der Waals surface area contributed by atoms with E-state index in [-0.39, 0.29) is 12.3 Å². The molecule has 1 heterocycles. The number of nitrogens with one attached hydrogen (secondary N) is 3. The van der Waals surface area contributed by atoms with E-state index in [1.165, 1.54) is 0 Å². The lowest BCUT2D eigenvalue weighted by molar-refractivity contribution is 0.0786. The van der Waals surface area contributed by atoms with E-state index in [1.807, 2.05) is 54.6 Å². The minimum absolute atomic E-state index is 0.248. The van der Waals surface area contributed by atoms with Gasteiger partial charge in [-0.1, -0.05) is 42.5 Å². The molecule has 2 aromatic rings. The number of benzene rings is 2. The van der Waals surface area contributed by atoms with Crippen LogP contribution in [0.25, 0.3) is 0 Å². The quantitative estimate of drug-likeness (QED) is 0.657. The summed E-state index contributed by atoms with van der Waals surface area (Å²) in [6.07, 6.45) is -0.374. The van der Waals surface area contributed by atoms with Crippen LogP contribution in [-0.2, 0) is 5.60 Å². The fourth-order valence-electron chi connectivity index (χ4n) is 2.74. The van der Waals surface area contributed by atoms with Gasteiger partial charge >= 0.3 is 0 Å². The van der Waals surface area contributed by atoms with Crippen molar-refractivity contribution in [3.63, 3.8) is 0 Å². The molecule has 1 unspecified atom stereocenters. The fourth-order valence-corrected chi connectivity index (χ4v) is 2.74. The van der Waals surface area contributed by atoms with Crippen LogP contribution in [0.2, 0.25) is 0 Å². The van der Waals surface area contributed by atoms with Gasteiger partial charge in [0.05, 0.1) is 5.60 Å². The maximum atomic E-state index is 10.2. The van der Waals surface area contributed by atoms with E-state index in [2.05, 4.69) is 39.8 Å². The largest absolute Gasteiger partial charge is 0.386 e. The molecule has 0 aromatic heterocycles. The highest BCUT2D eigenvalue weighted by molar-refractivity contribution is 6.13. The zero-order valence-electron chi connectivity index (χ0n) is 16.2. The normalized spacial score (nSPS) is 17.2. The van der Waals surface area contributed by atoms with Crippen LogP contribution in [0.15, 0.2) is 64.6 Å². The molecule has 0 aliphatic carbocycles. The van der Waals surface area contributed by atoms with Crippen LogP contribution in [0.1, 0.15) is 38.8 Å². The molecule has 0 radical (unpaired) electrons. The third kappa shape index (κ3) is 5.15. The van der Waals surface area contributed by atoms with Crippen molar-refractivity contribution in [2.24, 2.45) is 9.98 Å². The third-order valence-corrected chi connectivity index (χ3v) is 4.10. The van der Waals surface area contributed by atoms with Gasteiger partial charge in [-0.25, -0.2) is 9.98 Å². The smallest absolute Gasteiger partial charge is 0.204 e. The number of aliphatic imine (C=N–C) groups is 2. The highest BCUT2D eigenvalue weighted by atomic mass is 16.3. The Morgan fingerprint density at radius 3 is 2.44 bits per heavy atom. The van der Waals surface area contributed by atoms with Gasteiger partial charge in [-0.2, -0.15) is 0 Å². The van der Waals surface area contributed by atoms with E-state index in [0.29, 0.717) is 5.96 Å². The molecule has 0 bridgehead atoms. The Hall–Kier alpha value is -2.70. The average molecular weight is 365 g/mol. The summed E-state index contributed by atoms with van der Waals surface area (Å²) >= 11 is 0. The molecule has 3 rings (SSSR count). The molecular weight excluding hydrogens is 338 g/mol. The van der Waals surface area contributed by atoms with Gasteiger partial charge in [0.2, 0.25) is 5.96 Å². The lowest BCUT2D eigenvalue weighted by atomic mass is 9.98. The first-order valence-electron chi connectivity index (χ1n) is 9.15. The van der Waals surface area contributed by atoms with Crippen molar-refractivity contribution in [2.45, 2.75) is 45.6 Å². The predicted octanol–water partition coefficient (Wildman–Crippen LogP) is 3.01. The Morgan fingerprint density at radius 2 is 1.78 bits per heavy atom. The molecule has 1 aliphatic heterocycles. The summed E-state index contributed by atoms with van der Waals surface area (Å²) in [7, 11) is 0. The first-order chi connectivity index (χ1) is 12.8. The zero-order valence-corrected chi connectivity index (χ0v) is 16.2. The van der Waals surface area contributed by atoms with E-state index in [9.17, 15) is 5.11 Å². The highest BCUT2D eigenvalue weighted by Gasteiger charge is 2.20. The zero-order chi connectivity index (χ0) is 19.4. The topological polar surface area (TPSA) is 81.0 Å². The van der Waals surface area contributed by atoms with Crippen molar-refractivity contribution in [2.75, 3.05) is 5.32 Å². The molecule has 27 heavy (non-hydrogen) atoms. The van der Waals surface area contributed by atoms with Crippen LogP contribution >= 0.6 is 0 Å². The molecule has 142 valence electrons. The van der Waals surface area contributed by atoms with Crippen molar-refractivity contribution in [1.29, 1.82) is 0 Å². The first-order valence-corrected chi connectivity index (χ1v) is 9.15. The number of amidine groups is 1. The second-order valence-electron chi connectivity index (χ2n) is 7.41. The van der Waals surface area contributed by atoms with E-state index in [4.69, 9.17) is 0 Å². The van der Waals surface area contributed by atoms with Gasteiger partial charge in [-0.05, 0) is 45.4 Å². The average Bonchev–Trinajstić information content (AvgIpc) is 2.61. The molecule has 4 N–H and O–H groups in total. The summed E-state index contributed by atoms with van der Waals surface area (Å²) in [5, 5.41) is 20.2. The number of anilines is 1. The molecule has 2 aromatic carbocycles. The number of nitrogens with zero attached hydrogens (tertiary/aromatic N) is 2. The summed E-state index contributed by atoms with van der Waals surface area (Å²) in [6, 6.07) is 17.9. The van der Waals surface area contributed by atoms with E-state index in [0.717, 1.165) is 22.6 Å². The van der Waals surface area contributed by atoms with Gasteiger partial charge in [0.25, 0.3) is 0 Å². The van der Waals surface area contributed by atoms with Crippen molar-refractivity contribution in [3.05, 3.63) is 65.7 Å². The van der Waals surface area contributed by atoms with E-state index >= 15 is 0 Å². The predicted molar refractivity (Wildman–Crippen MR) is 111 cm³/mol. The van der Waals surface area contributed by atoms with Crippen molar-refractivity contribution in [1.82, 2.24) is 10.6 Å². The fraction of sp³-hybridized carbons (Fsp3) is 0.333. The van der Waals surface area contributed by atoms with Gasteiger partial charge in [-0.3, -0.25) is 5.32 Å². The van der Waals surface area contributed by atoms with Crippen LogP contribution in [0, 0.1) is 0 Å². The molecular formula is C21H27N5O. The Kier molecular flexibility index (Phi) is 5.58. The van der Waals surface area contributed by atoms with Crippen LogP contribution in [0.3, 0.4) is 0 Å². The van der Waals surface area contributed by atoms with Gasteiger partial charge in [0, 0.05) is 17.3 Å². The molecule has 6 nitrogen and oxygen atoms in total. The van der Waals surface area contributed by atoms with Crippen LogP contribution < -0.4 is 16.0 Å². The van der Waals surface area contributed by atoms with Crippen LogP contribution in [0.4, 0.5) is 5.69 Å². The van der Waals surface area contributed by atoms with Crippen molar-refractivity contribution in [3.8, 4) is 0 Å². The number of rotatable bonds is 5. The lowest BCUT2D eigenvalue weighted by Crippen LogP contribution is -2.45. The number of hydrogen-bond acceptors (Lipinski definition) is 6. The van der Waals surface area contributed by atoms with Gasteiger partial charge in [-0.15, -0.1) is 0 Å². The summed E-state index contributed by atoms with van der Waals surface area (Å²) in [5.74, 6) is 1.36. The second-order valence-corrected chi connectivity index (χ2v) is 7.41. The summed E-state index contributed by atoms with van der Waals surface area (Å²) < 4.78 is 0. The number of aliphatic hydroxyl groups is 1. The van der Waals surface area contributed by atoms with E-state index in [1.54, 1.807) is 13.8 Å². The summed E-state index contributed by atoms with van der Waals surface area (Å²) in [4.78, 5) is 9.29. The maximum absolute atomic E-state index is 10.2. The minimum Gasteiger partial charge on any atom is -0.386 e. The molecule has 6 heteroatoms.